The Hall–Kier alpha value is -3.80. The lowest BCUT2D eigenvalue weighted by Crippen LogP contribution is -2.37. The maximum atomic E-state index is 13.1. The Morgan fingerprint density at radius 1 is 0.895 bits per heavy atom. The average molecular weight is 597 g/mol. The second kappa shape index (κ2) is 12.6. The molecule has 0 aliphatic heterocycles. The molecular weight excluding hydrogens is 572 g/mol. The predicted molar refractivity (Wildman–Crippen MR) is 149 cm³/mol. The summed E-state index contributed by atoms with van der Waals surface area (Å²) in [5.74, 6) is -0.294. The van der Waals surface area contributed by atoms with E-state index in [0.29, 0.717) is 15.7 Å². The van der Waals surface area contributed by atoms with E-state index in [9.17, 15) is 18.0 Å². The highest BCUT2D eigenvalue weighted by Gasteiger charge is 2.19. The number of carbonyl (C=O) groups excluding carboxylic acids is 2. The summed E-state index contributed by atoms with van der Waals surface area (Å²) in [7, 11) is -3.74. The molecule has 2 N–H and O–H groups in total. The summed E-state index contributed by atoms with van der Waals surface area (Å²) in [6.07, 6.45) is 2.33. The quantitative estimate of drug-likeness (QED) is 0.263. The van der Waals surface area contributed by atoms with Gasteiger partial charge in [0.1, 0.15) is 6.61 Å². The molecule has 1 aromatic heterocycles. The molecule has 4 aromatic rings. The number of sulfonamides is 1. The number of carbonyl (C=O) groups is 2. The molecule has 4 rings (SSSR count). The first-order valence-corrected chi connectivity index (χ1v) is 14.0. The molecule has 0 atom stereocenters. The van der Waals surface area contributed by atoms with E-state index in [2.05, 4.69) is 31.0 Å². The van der Waals surface area contributed by atoms with Crippen LogP contribution >= 0.6 is 15.9 Å². The Kier molecular flexibility index (Phi) is 9.06. The SMILES string of the molecule is O=C(NCCNS(=O)(=O)c1ccc2ccccc2c1)OCCN(C(=O)c1cncc(Br)c1)c1ccccc1. The molecule has 1 heterocycles. The van der Waals surface area contributed by atoms with E-state index >= 15 is 0 Å². The van der Waals surface area contributed by atoms with Crippen molar-refractivity contribution in [1.29, 1.82) is 0 Å². The number of hydrogen-bond donors (Lipinski definition) is 2. The minimum Gasteiger partial charge on any atom is -0.448 e. The third kappa shape index (κ3) is 7.15. The number of rotatable bonds is 10. The second-order valence-corrected chi connectivity index (χ2v) is 10.8. The highest BCUT2D eigenvalue weighted by Crippen LogP contribution is 2.19. The lowest BCUT2D eigenvalue weighted by Gasteiger charge is -2.23. The van der Waals surface area contributed by atoms with Crippen LogP contribution in [-0.4, -0.2) is 51.6 Å². The van der Waals surface area contributed by atoms with Crippen molar-refractivity contribution >= 4 is 54.4 Å². The minimum atomic E-state index is -3.74. The van der Waals surface area contributed by atoms with Gasteiger partial charge in [0.2, 0.25) is 10.0 Å². The van der Waals surface area contributed by atoms with Crippen molar-refractivity contribution in [3.63, 3.8) is 0 Å². The summed E-state index contributed by atoms with van der Waals surface area (Å²) >= 11 is 3.32. The Balaban J connectivity index is 1.26. The van der Waals surface area contributed by atoms with Gasteiger partial charge in [0.15, 0.2) is 0 Å². The van der Waals surface area contributed by atoms with Gasteiger partial charge in [-0.3, -0.25) is 9.78 Å². The third-order valence-electron chi connectivity index (χ3n) is 5.53. The summed E-state index contributed by atoms with van der Waals surface area (Å²) in [5.41, 5.74) is 1.02. The molecule has 0 saturated carbocycles. The van der Waals surface area contributed by atoms with E-state index in [1.165, 1.54) is 17.2 Å². The van der Waals surface area contributed by atoms with Crippen LogP contribution in [0.1, 0.15) is 10.4 Å². The minimum absolute atomic E-state index is 0.0191. The number of benzene rings is 3. The van der Waals surface area contributed by atoms with Gasteiger partial charge in [-0.05, 0) is 57.0 Å². The van der Waals surface area contributed by atoms with Crippen LogP contribution in [0.15, 0.2) is 101 Å². The van der Waals surface area contributed by atoms with Crippen LogP contribution in [-0.2, 0) is 14.8 Å². The van der Waals surface area contributed by atoms with Crippen molar-refractivity contribution in [3.05, 3.63) is 101 Å². The highest BCUT2D eigenvalue weighted by atomic mass is 79.9. The van der Waals surface area contributed by atoms with Crippen molar-refractivity contribution in [2.24, 2.45) is 0 Å². The molecule has 38 heavy (non-hydrogen) atoms. The van der Waals surface area contributed by atoms with Crippen LogP contribution in [0.4, 0.5) is 10.5 Å². The normalized spacial score (nSPS) is 11.2. The average Bonchev–Trinajstić information content (AvgIpc) is 2.93. The second-order valence-electron chi connectivity index (χ2n) is 8.15. The fourth-order valence-electron chi connectivity index (χ4n) is 3.69. The summed E-state index contributed by atoms with van der Waals surface area (Å²) < 4.78 is 33.6. The van der Waals surface area contributed by atoms with Crippen molar-refractivity contribution < 1.29 is 22.7 Å². The van der Waals surface area contributed by atoms with Gasteiger partial charge in [0, 0.05) is 35.6 Å². The van der Waals surface area contributed by atoms with Crippen LogP contribution in [0.5, 0.6) is 0 Å². The smallest absolute Gasteiger partial charge is 0.407 e. The number of amides is 2. The van der Waals surface area contributed by atoms with Crippen LogP contribution in [0.3, 0.4) is 0 Å². The lowest BCUT2D eigenvalue weighted by atomic mass is 10.1. The van der Waals surface area contributed by atoms with Gasteiger partial charge < -0.3 is 15.0 Å². The Morgan fingerprint density at radius 2 is 1.63 bits per heavy atom. The molecule has 0 radical (unpaired) electrons. The summed E-state index contributed by atoms with van der Waals surface area (Å²) in [5, 5.41) is 4.27. The molecule has 0 fully saturated rings. The molecule has 0 unspecified atom stereocenters. The highest BCUT2D eigenvalue weighted by molar-refractivity contribution is 9.10. The van der Waals surface area contributed by atoms with Gasteiger partial charge in [-0.15, -0.1) is 0 Å². The Morgan fingerprint density at radius 3 is 2.39 bits per heavy atom. The molecule has 0 saturated heterocycles. The molecule has 0 aliphatic carbocycles. The van der Waals surface area contributed by atoms with E-state index in [4.69, 9.17) is 4.74 Å². The molecule has 0 bridgehead atoms. The molecule has 0 spiro atoms. The van der Waals surface area contributed by atoms with Crippen molar-refractivity contribution in [2.75, 3.05) is 31.1 Å². The van der Waals surface area contributed by atoms with Gasteiger partial charge in [-0.25, -0.2) is 17.9 Å². The summed E-state index contributed by atoms with van der Waals surface area (Å²) in [4.78, 5) is 30.9. The van der Waals surface area contributed by atoms with Crippen LogP contribution in [0, 0.1) is 0 Å². The molecule has 9 nitrogen and oxygen atoms in total. The maximum Gasteiger partial charge on any atom is 0.407 e. The summed E-state index contributed by atoms with van der Waals surface area (Å²) in [6, 6.07) is 23.0. The number of halogens is 1. The van der Waals surface area contributed by atoms with Crippen LogP contribution < -0.4 is 14.9 Å². The number of ether oxygens (including phenoxy) is 1. The molecule has 2 amide bonds. The van der Waals surface area contributed by atoms with E-state index in [0.717, 1.165) is 10.8 Å². The van der Waals surface area contributed by atoms with Gasteiger partial charge in [-0.2, -0.15) is 0 Å². The van der Waals surface area contributed by atoms with Gasteiger partial charge in [-0.1, -0.05) is 48.5 Å². The van der Waals surface area contributed by atoms with E-state index in [1.54, 1.807) is 48.7 Å². The molecule has 11 heteroatoms. The van der Waals surface area contributed by atoms with Crippen molar-refractivity contribution in [1.82, 2.24) is 15.0 Å². The zero-order chi connectivity index (χ0) is 27.0. The first kappa shape index (κ1) is 27.2. The van der Waals surface area contributed by atoms with E-state index in [-0.39, 0.29) is 37.0 Å². The standard InChI is InChI=1S/C27H25BrN4O5S/c28-23-16-22(18-29-19-23)26(33)32(24-8-2-1-3-9-24)14-15-37-27(34)30-12-13-31-38(35,36)25-11-10-20-6-4-5-7-21(20)17-25/h1-11,16-19,31H,12-15H2,(H,30,34). The first-order chi connectivity index (χ1) is 18.3. The topological polar surface area (TPSA) is 118 Å². The van der Waals surface area contributed by atoms with E-state index < -0.39 is 16.1 Å². The fraction of sp³-hybridized carbons (Fsp3) is 0.148. The number of nitrogens with zero attached hydrogens (tertiary/aromatic N) is 2. The number of aromatic nitrogens is 1. The van der Waals surface area contributed by atoms with Crippen LogP contribution in [0.2, 0.25) is 0 Å². The zero-order valence-corrected chi connectivity index (χ0v) is 22.6. The Bertz CT molecular complexity index is 1530. The third-order valence-corrected chi connectivity index (χ3v) is 7.42. The van der Waals surface area contributed by atoms with Crippen LogP contribution in [0.25, 0.3) is 10.8 Å². The largest absolute Gasteiger partial charge is 0.448 e. The monoisotopic (exact) mass is 596 g/mol. The van der Waals surface area contributed by atoms with E-state index in [1.807, 2.05) is 30.3 Å². The van der Waals surface area contributed by atoms with Gasteiger partial charge in [0.25, 0.3) is 5.91 Å². The zero-order valence-electron chi connectivity index (χ0n) is 20.2. The van der Waals surface area contributed by atoms with Gasteiger partial charge in [0.05, 0.1) is 17.0 Å². The van der Waals surface area contributed by atoms with Gasteiger partial charge >= 0.3 is 6.09 Å². The fourth-order valence-corrected chi connectivity index (χ4v) is 5.12. The molecule has 0 aliphatic rings. The number of anilines is 1. The molecule has 196 valence electrons. The number of fused-ring (bicyclic) bond motifs is 1. The number of para-hydroxylation sites is 1. The first-order valence-electron chi connectivity index (χ1n) is 11.7. The number of hydrogen-bond acceptors (Lipinski definition) is 6. The number of alkyl carbamates (subject to hydrolysis) is 1. The van der Waals surface area contributed by atoms with Crippen molar-refractivity contribution in [2.45, 2.75) is 4.90 Å². The molecular formula is C27H25BrN4O5S. The number of pyridine rings is 1. The van der Waals surface area contributed by atoms with Crippen molar-refractivity contribution in [3.8, 4) is 0 Å². The Labute approximate surface area is 229 Å². The molecule has 3 aromatic carbocycles. The summed E-state index contributed by atoms with van der Waals surface area (Å²) in [6.45, 7) is 0.0412. The number of nitrogens with one attached hydrogen (secondary N) is 2. The maximum absolute atomic E-state index is 13.1. The predicted octanol–water partition coefficient (Wildman–Crippen LogP) is 4.35. The lowest BCUT2D eigenvalue weighted by molar-refractivity contribution is 0.0973.